The minimum absolute atomic E-state index is 0.272. The van der Waals surface area contributed by atoms with Gasteiger partial charge < -0.3 is 9.47 Å². The molecule has 82 valence electrons. The molecule has 0 radical (unpaired) electrons. The third-order valence-electron chi connectivity index (χ3n) is 2.46. The van der Waals surface area contributed by atoms with Crippen molar-refractivity contribution in [1.82, 2.24) is 0 Å². The van der Waals surface area contributed by atoms with Crippen LogP contribution in [0.4, 0.5) is 0 Å². The summed E-state index contributed by atoms with van der Waals surface area (Å²) in [5, 5.41) is 0. The maximum absolute atomic E-state index is 10.8. The summed E-state index contributed by atoms with van der Waals surface area (Å²) in [6, 6.07) is 0. The summed E-state index contributed by atoms with van der Waals surface area (Å²) < 4.78 is 10.2. The molecule has 0 heterocycles. The number of carbonyl (C=O) groups is 1. The van der Waals surface area contributed by atoms with Gasteiger partial charge in [0.05, 0.1) is 21.9 Å². The summed E-state index contributed by atoms with van der Waals surface area (Å²) in [7, 11) is 1.32. The maximum atomic E-state index is 10.8. The standard InChI is InChI=1S/C10H20O3Si/c1-5-9(8(3)12-4)14-7-13-10(11)6-2/h6,8-9H,2,5,7,14H2,1,3-4H3. The van der Waals surface area contributed by atoms with Gasteiger partial charge in [0.25, 0.3) is 0 Å². The molecule has 0 aliphatic carbocycles. The molecule has 0 aliphatic rings. The summed E-state index contributed by atoms with van der Waals surface area (Å²) in [5.74, 6) is -0.322. The highest BCUT2D eigenvalue weighted by atomic mass is 28.2. The Hall–Kier alpha value is -0.613. The van der Waals surface area contributed by atoms with Crippen LogP contribution in [0.2, 0.25) is 5.54 Å². The second kappa shape index (κ2) is 7.76. The smallest absolute Gasteiger partial charge is 0.329 e. The van der Waals surface area contributed by atoms with Crippen LogP contribution in [0.15, 0.2) is 12.7 Å². The first-order valence-electron chi connectivity index (χ1n) is 4.97. The maximum Gasteiger partial charge on any atom is 0.329 e. The number of ether oxygens (including phenoxy) is 2. The zero-order valence-electron chi connectivity index (χ0n) is 9.29. The van der Waals surface area contributed by atoms with Crippen LogP contribution in [-0.2, 0) is 14.3 Å². The van der Waals surface area contributed by atoms with Crippen molar-refractivity contribution in [3.05, 3.63) is 12.7 Å². The van der Waals surface area contributed by atoms with E-state index in [0.29, 0.717) is 11.8 Å². The van der Waals surface area contributed by atoms with Crippen LogP contribution in [0.1, 0.15) is 20.3 Å². The van der Waals surface area contributed by atoms with E-state index in [1.807, 2.05) is 0 Å². The number of methoxy groups -OCH3 is 1. The molecule has 0 amide bonds. The van der Waals surface area contributed by atoms with Crippen molar-refractivity contribution in [2.24, 2.45) is 0 Å². The van der Waals surface area contributed by atoms with Crippen molar-refractivity contribution in [2.75, 3.05) is 13.3 Å². The van der Waals surface area contributed by atoms with Gasteiger partial charge in [-0.2, -0.15) is 0 Å². The third kappa shape index (κ3) is 5.19. The average Bonchev–Trinajstić information content (AvgIpc) is 2.22. The molecule has 4 heteroatoms. The van der Waals surface area contributed by atoms with E-state index >= 15 is 0 Å². The van der Waals surface area contributed by atoms with Gasteiger partial charge in [-0.1, -0.05) is 19.9 Å². The highest BCUT2D eigenvalue weighted by Crippen LogP contribution is 2.16. The largest absolute Gasteiger partial charge is 0.467 e. The van der Waals surface area contributed by atoms with Gasteiger partial charge in [-0.25, -0.2) is 4.79 Å². The fourth-order valence-electron chi connectivity index (χ4n) is 1.33. The fourth-order valence-corrected chi connectivity index (χ4v) is 3.02. The minimum atomic E-state index is -0.401. The van der Waals surface area contributed by atoms with E-state index in [9.17, 15) is 4.79 Å². The van der Waals surface area contributed by atoms with E-state index in [1.54, 1.807) is 7.11 Å². The van der Waals surface area contributed by atoms with Gasteiger partial charge in [0, 0.05) is 13.2 Å². The lowest BCUT2D eigenvalue weighted by Gasteiger charge is -2.20. The molecule has 0 rings (SSSR count). The molecule has 0 aromatic carbocycles. The predicted molar refractivity (Wildman–Crippen MR) is 60.2 cm³/mol. The van der Waals surface area contributed by atoms with Crippen molar-refractivity contribution in [1.29, 1.82) is 0 Å². The van der Waals surface area contributed by atoms with Gasteiger partial charge in [0.15, 0.2) is 0 Å². The van der Waals surface area contributed by atoms with Gasteiger partial charge in [0.1, 0.15) is 0 Å². The van der Waals surface area contributed by atoms with Crippen LogP contribution >= 0.6 is 0 Å². The van der Waals surface area contributed by atoms with E-state index in [1.165, 1.54) is 6.08 Å². The normalized spacial score (nSPS) is 15.4. The zero-order valence-corrected chi connectivity index (χ0v) is 10.7. The first-order chi connectivity index (χ1) is 6.65. The highest BCUT2D eigenvalue weighted by molar-refractivity contribution is 6.37. The molecule has 0 bridgehead atoms. The molecule has 2 unspecified atom stereocenters. The van der Waals surface area contributed by atoms with Crippen LogP contribution in [-0.4, -0.2) is 34.9 Å². The Morgan fingerprint density at radius 1 is 1.64 bits per heavy atom. The van der Waals surface area contributed by atoms with Gasteiger partial charge in [-0.15, -0.1) is 0 Å². The molecule has 14 heavy (non-hydrogen) atoms. The number of rotatable bonds is 7. The van der Waals surface area contributed by atoms with E-state index in [2.05, 4.69) is 20.4 Å². The molecule has 2 atom stereocenters. The summed E-state index contributed by atoms with van der Waals surface area (Å²) in [6.45, 7) is 7.55. The van der Waals surface area contributed by atoms with Crippen molar-refractivity contribution in [2.45, 2.75) is 31.9 Å². The van der Waals surface area contributed by atoms with Crippen molar-refractivity contribution >= 4 is 15.5 Å². The number of carbonyl (C=O) groups excluding carboxylic acids is 1. The van der Waals surface area contributed by atoms with Crippen LogP contribution in [0.5, 0.6) is 0 Å². The Kier molecular flexibility index (Phi) is 7.42. The van der Waals surface area contributed by atoms with Crippen LogP contribution < -0.4 is 0 Å². The lowest BCUT2D eigenvalue weighted by atomic mass is 10.2. The number of hydrogen-bond donors (Lipinski definition) is 0. The van der Waals surface area contributed by atoms with Crippen molar-refractivity contribution in [3.8, 4) is 0 Å². The van der Waals surface area contributed by atoms with Gasteiger partial charge in [-0.3, -0.25) is 0 Å². The zero-order chi connectivity index (χ0) is 11.0. The van der Waals surface area contributed by atoms with E-state index < -0.39 is 9.52 Å². The topological polar surface area (TPSA) is 35.5 Å². The fraction of sp³-hybridized carbons (Fsp3) is 0.700. The van der Waals surface area contributed by atoms with E-state index in [0.717, 1.165) is 6.42 Å². The second-order valence-electron chi connectivity index (χ2n) is 3.27. The molecule has 0 aliphatic heterocycles. The molecular formula is C10H20O3Si. The first-order valence-corrected chi connectivity index (χ1v) is 6.79. The van der Waals surface area contributed by atoms with Crippen molar-refractivity contribution in [3.63, 3.8) is 0 Å². The Labute approximate surface area is 88.3 Å². The monoisotopic (exact) mass is 216 g/mol. The number of esters is 1. The Bertz CT molecular complexity index is 182. The van der Waals surface area contributed by atoms with Gasteiger partial charge in [0.2, 0.25) is 0 Å². The molecule has 0 aromatic heterocycles. The molecule has 0 aromatic rings. The minimum Gasteiger partial charge on any atom is -0.467 e. The quantitative estimate of drug-likeness (QED) is 0.363. The number of hydrogen-bond acceptors (Lipinski definition) is 3. The molecular weight excluding hydrogens is 196 g/mol. The first kappa shape index (κ1) is 13.4. The lowest BCUT2D eigenvalue weighted by molar-refractivity contribution is -0.135. The molecule has 0 saturated carbocycles. The summed E-state index contributed by atoms with van der Waals surface area (Å²) in [6.07, 6.45) is 3.15. The molecule has 0 spiro atoms. The summed E-state index contributed by atoms with van der Waals surface area (Å²) >= 11 is 0. The summed E-state index contributed by atoms with van der Waals surface area (Å²) in [4.78, 5) is 10.8. The summed E-state index contributed by atoms with van der Waals surface area (Å²) in [5.41, 5.74) is 0.581. The van der Waals surface area contributed by atoms with Crippen LogP contribution in [0, 0.1) is 0 Å². The molecule has 0 saturated heterocycles. The Morgan fingerprint density at radius 2 is 2.29 bits per heavy atom. The highest BCUT2D eigenvalue weighted by Gasteiger charge is 2.15. The second-order valence-corrected chi connectivity index (χ2v) is 5.30. The van der Waals surface area contributed by atoms with Crippen molar-refractivity contribution < 1.29 is 14.3 Å². The molecule has 0 N–H and O–H groups in total. The lowest BCUT2D eigenvalue weighted by Crippen LogP contribution is -2.23. The molecule has 0 fully saturated rings. The van der Waals surface area contributed by atoms with Crippen LogP contribution in [0.3, 0.4) is 0 Å². The predicted octanol–water partition coefficient (Wildman–Crippen LogP) is 1.08. The average molecular weight is 216 g/mol. The Balaban J connectivity index is 3.72. The SMILES string of the molecule is C=CC(=O)OC[SiH2]C(CC)C(C)OC. The Morgan fingerprint density at radius 3 is 2.71 bits per heavy atom. The third-order valence-corrected chi connectivity index (χ3v) is 4.88. The van der Waals surface area contributed by atoms with E-state index in [4.69, 9.17) is 9.47 Å². The van der Waals surface area contributed by atoms with Gasteiger partial charge >= 0.3 is 5.97 Å². The molecule has 3 nitrogen and oxygen atoms in total. The van der Waals surface area contributed by atoms with Crippen LogP contribution in [0.25, 0.3) is 0 Å². The van der Waals surface area contributed by atoms with Gasteiger partial charge in [-0.05, 0) is 12.5 Å². The van der Waals surface area contributed by atoms with E-state index in [-0.39, 0.29) is 12.1 Å².